The van der Waals surface area contributed by atoms with Crippen LogP contribution in [0.4, 0.5) is 0 Å². The topological polar surface area (TPSA) is 9.23 Å². The molecular formula is C15H17BrOS. The molecule has 2 rings (SSSR count). The van der Waals surface area contributed by atoms with E-state index in [0.717, 1.165) is 24.1 Å². The molecule has 18 heavy (non-hydrogen) atoms. The summed E-state index contributed by atoms with van der Waals surface area (Å²) in [5.41, 5.74) is 2.50. The molecule has 0 N–H and O–H groups in total. The van der Waals surface area contributed by atoms with Gasteiger partial charge < -0.3 is 4.74 Å². The third-order valence-electron chi connectivity index (χ3n) is 2.74. The van der Waals surface area contributed by atoms with E-state index in [1.165, 1.54) is 24.0 Å². The molecule has 0 bridgehead atoms. The van der Waals surface area contributed by atoms with Crippen LogP contribution >= 0.6 is 27.3 Å². The Labute approximate surface area is 121 Å². The smallest absolute Gasteiger partial charge is 0.119 e. The maximum Gasteiger partial charge on any atom is 0.119 e. The van der Waals surface area contributed by atoms with Gasteiger partial charge in [0.1, 0.15) is 5.75 Å². The largest absolute Gasteiger partial charge is 0.494 e. The molecule has 2 aromatic rings. The minimum Gasteiger partial charge on any atom is -0.494 e. The van der Waals surface area contributed by atoms with Crippen molar-refractivity contribution in [2.75, 3.05) is 11.9 Å². The van der Waals surface area contributed by atoms with Crippen molar-refractivity contribution in [1.29, 1.82) is 0 Å². The first-order chi connectivity index (χ1) is 8.90. The van der Waals surface area contributed by atoms with Crippen LogP contribution in [0.2, 0.25) is 0 Å². The van der Waals surface area contributed by atoms with Crippen molar-refractivity contribution in [2.24, 2.45) is 0 Å². The summed E-state index contributed by atoms with van der Waals surface area (Å²) in [4.78, 5) is 0. The molecule has 0 saturated heterocycles. The second-order valence-corrected chi connectivity index (χ2v) is 5.71. The van der Waals surface area contributed by atoms with Crippen LogP contribution in [0, 0.1) is 0 Å². The summed E-state index contributed by atoms with van der Waals surface area (Å²) >= 11 is 5.16. The van der Waals surface area contributed by atoms with Gasteiger partial charge >= 0.3 is 0 Å². The fourth-order valence-electron chi connectivity index (χ4n) is 1.76. The van der Waals surface area contributed by atoms with E-state index in [1.807, 2.05) is 6.07 Å². The Bertz CT molecular complexity index is 453. The second kappa shape index (κ2) is 7.59. The average molecular weight is 325 g/mol. The average Bonchev–Trinajstić information content (AvgIpc) is 2.93. The van der Waals surface area contributed by atoms with E-state index in [1.54, 1.807) is 11.3 Å². The zero-order valence-electron chi connectivity index (χ0n) is 10.3. The Morgan fingerprint density at radius 3 is 2.78 bits per heavy atom. The number of ether oxygens (including phenoxy) is 1. The molecule has 1 heterocycles. The van der Waals surface area contributed by atoms with Gasteiger partial charge in [-0.1, -0.05) is 28.1 Å². The highest BCUT2D eigenvalue weighted by Gasteiger charge is 2.00. The number of halogens is 1. The number of rotatable bonds is 7. The standard InChI is InChI=1S/C15H17BrOS/c16-8-2-1-3-9-17-15-6-4-5-13(11-15)14-7-10-18-12-14/h4-7,10-12H,1-3,8-9H2. The van der Waals surface area contributed by atoms with Gasteiger partial charge in [-0.05, 0) is 59.3 Å². The van der Waals surface area contributed by atoms with Gasteiger partial charge in [0.05, 0.1) is 6.61 Å². The Morgan fingerprint density at radius 1 is 1.06 bits per heavy atom. The van der Waals surface area contributed by atoms with Gasteiger partial charge in [-0.15, -0.1) is 0 Å². The molecule has 0 saturated carbocycles. The first kappa shape index (κ1) is 13.6. The van der Waals surface area contributed by atoms with E-state index >= 15 is 0 Å². The summed E-state index contributed by atoms with van der Waals surface area (Å²) in [5, 5.41) is 5.35. The van der Waals surface area contributed by atoms with E-state index in [-0.39, 0.29) is 0 Å². The van der Waals surface area contributed by atoms with Crippen molar-refractivity contribution in [3.05, 3.63) is 41.1 Å². The maximum absolute atomic E-state index is 5.78. The SMILES string of the molecule is BrCCCCCOc1cccc(-c2ccsc2)c1. The first-order valence-electron chi connectivity index (χ1n) is 6.21. The highest BCUT2D eigenvalue weighted by atomic mass is 79.9. The molecule has 96 valence electrons. The Kier molecular flexibility index (Phi) is 5.75. The molecule has 0 radical (unpaired) electrons. The Hall–Kier alpha value is -0.800. The van der Waals surface area contributed by atoms with E-state index in [4.69, 9.17) is 4.74 Å². The summed E-state index contributed by atoms with van der Waals surface area (Å²) in [5.74, 6) is 0.970. The van der Waals surface area contributed by atoms with Gasteiger partial charge in [0.2, 0.25) is 0 Å². The monoisotopic (exact) mass is 324 g/mol. The summed E-state index contributed by atoms with van der Waals surface area (Å²) in [6, 6.07) is 10.5. The summed E-state index contributed by atoms with van der Waals surface area (Å²) in [7, 11) is 0. The minimum absolute atomic E-state index is 0.806. The first-order valence-corrected chi connectivity index (χ1v) is 8.28. The lowest BCUT2D eigenvalue weighted by Gasteiger charge is -2.07. The van der Waals surface area contributed by atoms with Crippen LogP contribution in [-0.2, 0) is 0 Å². The molecule has 0 aliphatic carbocycles. The van der Waals surface area contributed by atoms with E-state index in [2.05, 4.69) is 51.0 Å². The van der Waals surface area contributed by atoms with E-state index in [0.29, 0.717) is 0 Å². The predicted molar refractivity (Wildman–Crippen MR) is 82.9 cm³/mol. The number of benzene rings is 1. The maximum atomic E-state index is 5.78. The van der Waals surface area contributed by atoms with Crippen LogP contribution in [0.25, 0.3) is 11.1 Å². The van der Waals surface area contributed by atoms with Crippen LogP contribution < -0.4 is 4.74 Å². The van der Waals surface area contributed by atoms with Gasteiger partial charge in [-0.2, -0.15) is 11.3 Å². The molecule has 0 spiro atoms. The number of thiophene rings is 1. The molecule has 1 nitrogen and oxygen atoms in total. The van der Waals surface area contributed by atoms with Crippen LogP contribution in [0.5, 0.6) is 5.75 Å². The number of hydrogen-bond acceptors (Lipinski definition) is 2. The van der Waals surface area contributed by atoms with Gasteiger partial charge in [-0.3, -0.25) is 0 Å². The van der Waals surface area contributed by atoms with Gasteiger partial charge in [0.25, 0.3) is 0 Å². The molecule has 0 fully saturated rings. The summed E-state index contributed by atoms with van der Waals surface area (Å²) in [6.07, 6.45) is 3.56. The molecule has 0 unspecified atom stereocenters. The van der Waals surface area contributed by atoms with E-state index < -0.39 is 0 Å². The van der Waals surface area contributed by atoms with Crippen molar-refractivity contribution in [1.82, 2.24) is 0 Å². The fourth-order valence-corrected chi connectivity index (χ4v) is 2.82. The molecule has 1 aromatic heterocycles. The third-order valence-corrected chi connectivity index (χ3v) is 3.98. The Morgan fingerprint density at radius 2 is 2.00 bits per heavy atom. The highest BCUT2D eigenvalue weighted by Crippen LogP contribution is 2.25. The van der Waals surface area contributed by atoms with Crippen molar-refractivity contribution < 1.29 is 4.74 Å². The van der Waals surface area contributed by atoms with Crippen molar-refractivity contribution in [2.45, 2.75) is 19.3 Å². The van der Waals surface area contributed by atoms with Crippen molar-refractivity contribution in [3.8, 4) is 16.9 Å². The molecule has 0 aliphatic heterocycles. The highest BCUT2D eigenvalue weighted by molar-refractivity contribution is 9.09. The van der Waals surface area contributed by atoms with Crippen LogP contribution in [0.3, 0.4) is 0 Å². The van der Waals surface area contributed by atoms with Crippen LogP contribution in [0.1, 0.15) is 19.3 Å². The molecule has 0 aliphatic rings. The lowest BCUT2D eigenvalue weighted by Crippen LogP contribution is -1.97. The van der Waals surface area contributed by atoms with E-state index in [9.17, 15) is 0 Å². The van der Waals surface area contributed by atoms with Crippen molar-refractivity contribution >= 4 is 27.3 Å². The van der Waals surface area contributed by atoms with Gasteiger partial charge in [-0.25, -0.2) is 0 Å². The second-order valence-electron chi connectivity index (χ2n) is 4.14. The lowest BCUT2D eigenvalue weighted by atomic mass is 10.1. The summed E-state index contributed by atoms with van der Waals surface area (Å²) < 4.78 is 5.78. The minimum atomic E-state index is 0.806. The quantitative estimate of drug-likeness (QED) is 0.492. The number of hydrogen-bond donors (Lipinski definition) is 0. The molecule has 1 aromatic carbocycles. The fraction of sp³-hybridized carbons (Fsp3) is 0.333. The molecule has 0 atom stereocenters. The third kappa shape index (κ3) is 4.14. The molecular weight excluding hydrogens is 308 g/mol. The van der Waals surface area contributed by atoms with Crippen LogP contribution in [-0.4, -0.2) is 11.9 Å². The number of unbranched alkanes of at least 4 members (excludes halogenated alkanes) is 2. The van der Waals surface area contributed by atoms with Gasteiger partial charge in [0.15, 0.2) is 0 Å². The van der Waals surface area contributed by atoms with Gasteiger partial charge in [0, 0.05) is 5.33 Å². The lowest BCUT2D eigenvalue weighted by molar-refractivity contribution is 0.306. The summed E-state index contributed by atoms with van der Waals surface area (Å²) in [6.45, 7) is 0.806. The zero-order chi connectivity index (χ0) is 12.6. The molecule has 3 heteroatoms. The van der Waals surface area contributed by atoms with Crippen LogP contribution in [0.15, 0.2) is 41.1 Å². The predicted octanol–water partition coefficient (Wildman–Crippen LogP) is 5.36. The zero-order valence-corrected chi connectivity index (χ0v) is 12.7. The number of alkyl halides is 1. The normalized spacial score (nSPS) is 10.5. The molecule has 0 amide bonds. The van der Waals surface area contributed by atoms with Crippen molar-refractivity contribution in [3.63, 3.8) is 0 Å². The Balaban J connectivity index is 1.88.